The van der Waals surface area contributed by atoms with Gasteiger partial charge in [-0.25, -0.2) is 4.39 Å². The van der Waals surface area contributed by atoms with Crippen LogP contribution in [-0.2, 0) is 9.53 Å². The van der Waals surface area contributed by atoms with E-state index in [1.165, 1.54) is 23.5 Å². The van der Waals surface area contributed by atoms with E-state index >= 15 is 0 Å². The molecule has 0 aromatic carbocycles. The van der Waals surface area contributed by atoms with Crippen LogP contribution in [0.3, 0.4) is 0 Å². The van der Waals surface area contributed by atoms with Gasteiger partial charge in [0.25, 0.3) is 0 Å². The van der Waals surface area contributed by atoms with Gasteiger partial charge in [0.15, 0.2) is 12.4 Å². The summed E-state index contributed by atoms with van der Waals surface area (Å²) in [6.07, 6.45) is 1.33. The van der Waals surface area contributed by atoms with Crippen LogP contribution in [0.2, 0.25) is 0 Å². The second-order valence-electron chi connectivity index (χ2n) is 2.36. The molecule has 1 aromatic heterocycles. The Kier molecular flexibility index (Phi) is 1.69. The molecule has 0 atom stereocenters. The lowest BCUT2D eigenvalue weighted by Crippen LogP contribution is -1.92. The maximum Gasteiger partial charge on any atom is 0.196 e. The fourth-order valence-corrected chi connectivity index (χ4v) is 1.72. The Balaban J connectivity index is 2.38. The minimum atomic E-state index is -0.332. The molecule has 0 fully saturated rings. The molecule has 4 heteroatoms. The van der Waals surface area contributed by atoms with E-state index in [0.29, 0.717) is 10.6 Å². The van der Waals surface area contributed by atoms with Gasteiger partial charge in [0.05, 0.1) is 0 Å². The molecule has 62 valence electrons. The van der Waals surface area contributed by atoms with Crippen molar-refractivity contribution in [1.29, 1.82) is 0 Å². The number of rotatable bonds is 1. The Bertz CT molecular complexity index is 354. The molecular formula is C8H5FO2S. The molecule has 1 aliphatic rings. The highest BCUT2D eigenvalue weighted by Crippen LogP contribution is 2.27. The summed E-state index contributed by atoms with van der Waals surface area (Å²) in [7, 11) is 0. The molecule has 12 heavy (non-hydrogen) atoms. The van der Waals surface area contributed by atoms with Crippen molar-refractivity contribution in [1.82, 2.24) is 0 Å². The van der Waals surface area contributed by atoms with Crippen LogP contribution < -0.4 is 0 Å². The fraction of sp³-hybridized carbons (Fsp3) is 0.125. The Morgan fingerprint density at radius 2 is 2.42 bits per heavy atom. The van der Waals surface area contributed by atoms with E-state index < -0.39 is 0 Å². The molecule has 0 amide bonds. The number of halogens is 1. The number of ether oxygens (including phenoxy) is 1. The number of thiophene rings is 1. The van der Waals surface area contributed by atoms with Crippen molar-refractivity contribution in [2.75, 3.05) is 6.61 Å². The van der Waals surface area contributed by atoms with Gasteiger partial charge in [-0.3, -0.25) is 4.79 Å². The minimum absolute atomic E-state index is 0.0344. The number of ketones is 1. The topological polar surface area (TPSA) is 26.3 Å². The van der Waals surface area contributed by atoms with E-state index in [2.05, 4.69) is 0 Å². The van der Waals surface area contributed by atoms with Crippen LogP contribution in [0.1, 0.15) is 4.88 Å². The Labute approximate surface area is 72.3 Å². The van der Waals surface area contributed by atoms with Gasteiger partial charge < -0.3 is 4.74 Å². The van der Waals surface area contributed by atoms with Crippen molar-refractivity contribution < 1.29 is 13.9 Å². The summed E-state index contributed by atoms with van der Waals surface area (Å²) in [4.78, 5) is 11.1. The predicted molar refractivity (Wildman–Crippen MR) is 43.2 cm³/mol. The normalized spacial score (nSPS) is 16.1. The molecule has 0 saturated carbocycles. The average Bonchev–Trinajstić information content (AvgIpc) is 2.58. The zero-order valence-corrected chi connectivity index (χ0v) is 6.86. The molecule has 0 saturated heterocycles. The fourth-order valence-electron chi connectivity index (χ4n) is 0.979. The lowest BCUT2D eigenvalue weighted by atomic mass is 10.3. The lowest BCUT2D eigenvalue weighted by molar-refractivity contribution is -0.115. The molecule has 0 spiro atoms. The molecule has 0 unspecified atom stereocenters. The van der Waals surface area contributed by atoms with E-state index in [4.69, 9.17) is 4.74 Å². The smallest absolute Gasteiger partial charge is 0.196 e. The van der Waals surface area contributed by atoms with E-state index in [0.717, 1.165) is 0 Å². The van der Waals surface area contributed by atoms with E-state index in [-0.39, 0.29) is 18.2 Å². The quantitative estimate of drug-likeness (QED) is 0.665. The molecule has 2 heterocycles. The highest BCUT2D eigenvalue weighted by atomic mass is 32.1. The van der Waals surface area contributed by atoms with Gasteiger partial charge in [0, 0.05) is 6.08 Å². The SMILES string of the molecule is O=C1C=C(c2sccc2F)OC1. The average molecular weight is 184 g/mol. The van der Waals surface area contributed by atoms with Gasteiger partial charge in [0.1, 0.15) is 16.5 Å². The molecule has 1 aliphatic heterocycles. The summed E-state index contributed by atoms with van der Waals surface area (Å²) in [5.41, 5.74) is 0. The first-order valence-electron chi connectivity index (χ1n) is 3.38. The van der Waals surface area contributed by atoms with Crippen molar-refractivity contribution in [2.45, 2.75) is 0 Å². The molecule has 0 aliphatic carbocycles. The van der Waals surface area contributed by atoms with E-state index in [1.807, 2.05) is 0 Å². The zero-order chi connectivity index (χ0) is 8.55. The van der Waals surface area contributed by atoms with Crippen LogP contribution in [0.4, 0.5) is 4.39 Å². The first-order chi connectivity index (χ1) is 5.77. The standard InChI is InChI=1S/C8H5FO2S/c9-6-1-2-12-8(6)7-3-5(10)4-11-7/h1-3H,4H2. The lowest BCUT2D eigenvalue weighted by Gasteiger charge is -1.97. The number of carbonyl (C=O) groups excluding carboxylic acids is 1. The van der Waals surface area contributed by atoms with Gasteiger partial charge in [0.2, 0.25) is 0 Å². The highest BCUT2D eigenvalue weighted by molar-refractivity contribution is 7.11. The second kappa shape index (κ2) is 2.71. The maximum atomic E-state index is 12.9. The largest absolute Gasteiger partial charge is 0.484 e. The predicted octanol–water partition coefficient (Wildman–Crippen LogP) is 1.83. The van der Waals surface area contributed by atoms with Gasteiger partial charge in [-0.2, -0.15) is 0 Å². The third kappa shape index (κ3) is 1.14. The van der Waals surface area contributed by atoms with Gasteiger partial charge in [-0.1, -0.05) is 0 Å². The maximum absolute atomic E-state index is 12.9. The summed E-state index contributed by atoms with van der Waals surface area (Å²) in [5.74, 6) is -0.0914. The first kappa shape index (κ1) is 7.49. The molecule has 0 radical (unpaired) electrons. The molecule has 0 bridgehead atoms. The van der Waals surface area contributed by atoms with Crippen molar-refractivity contribution in [3.8, 4) is 0 Å². The summed E-state index contributed by atoms with van der Waals surface area (Å²) in [5, 5.41) is 1.62. The van der Waals surface area contributed by atoms with E-state index in [1.54, 1.807) is 5.38 Å². The summed E-state index contributed by atoms with van der Waals surface area (Å²) < 4.78 is 17.9. The third-order valence-corrected chi connectivity index (χ3v) is 2.41. The summed E-state index contributed by atoms with van der Waals surface area (Å²) in [6.45, 7) is 0.0344. The Morgan fingerprint density at radius 3 is 2.92 bits per heavy atom. The third-order valence-electron chi connectivity index (χ3n) is 1.50. The van der Waals surface area contributed by atoms with Gasteiger partial charge in [-0.05, 0) is 11.4 Å². The van der Waals surface area contributed by atoms with Gasteiger partial charge >= 0.3 is 0 Å². The van der Waals surface area contributed by atoms with Crippen LogP contribution in [0.15, 0.2) is 17.5 Å². The first-order valence-corrected chi connectivity index (χ1v) is 4.26. The van der Waals surface area contributed by atoms with Crippen molar-refractivity contribution >= 4 is 22.9 Å². The summed E-state index contributed by atoms with van der Waals surface area (Å²) >= 11 is 1.23. The molecule has 1 aromatic rings. The highest BCUT2D eigenvalue weighted by Gasteiger charge is 2.18. The minimum Gasteiger partial charge on any atom is -0.484 e. The number of hydrogen-bond donors (Lipinski definition) is 0. The molecular weight excluding hydrogens is 179 g/mol. The van der Waals surface area contributed by atoms with Crippen molar-refractivity contribution in [2.24, 2.45) is 0 Å². The van der Waals surface area contributed by atoms with Crippen molar-refractivity contribution in [3.05, 3.63) is 28.2 Å². The van der Waals surface area contributed by atoms with Crippen LogP contribution in [0.25, 0.3) is 5.76 Å². The Morgan fingerprint density at radius 1 is 1.58 bits per heavy atom. The summed E-state index contributed by atoms with van der Waals surface area (Å²) in [6, 6.07) is 1.35. The van der Waals surface area contributed by atoms with Crippen LogP contribution in [-0.4, -0.2) is 12.4 Å². The Hall–Kier alpha value is -1.16. The molecule has 2 rings (SSSR count). The second-order valence-corrected chi connectivity index (χ2v) is 3.28. The van der Waals surface area contributed by atoms with Crippen LogP contribution in [0, 0.1) is 5.82 Å². The zero-order valence-electron chi connectivity index (χ0n) is 6.04. The molecule has 2 nitrogen and oxygen atoms in total. The monoisotopic (exact) mass is 184 g/mol. The van der Waals surface area contributed by atoms with E-state index in [9.17, 15) is 9.18 Å². The van der Waals surface area contributed by atoms with Crippen molar-refractivity contribution in [3.63, 3.8) is 0 Å². The number of carbonyl (C=O) groups is 1. The van der Waals surface area contributed by atoms with Crippen LogP contribution in [0.5, 0.6) is 0 Å². The molecule has 0 N–H and O–H groups in total. The van der Waals surface area contributed by atoms with Crippen LogP contribution >= 0.6 is 11.3 Å². The van der Waals surface area contributed by atoms with Gasteiger partial charge in [-0.15, -0.1) is 11.3 Å². The number of hydrogen-bond acceptors (Lipinski definition) is 3.